The van der Waals surface area contributed by atoms with Crippen LogP contribution < -0.4 is 9.47 Å². The number of nitro benzene ring substituents is 1. The Morgan fingerprint density at radius 1 is 1.33 bits per heavy atom. The van der Waals surface area contributed by atoms with Crippen LogP contribution in [0.2, 0.25) is 0 Å². The molecule has 2 rings (SSSR count). The smallest absolute Gasteiger partial charge is 0.273 e. The number of hydrogen-bond donors (Lipinski definition) is 1. The fourth-order valence-corrected chi connectivity index (χ4v) is 2.48. The van der Waals surface area contributed by atoms with Gasteiger partial charge in [0, 0.05) is 19.2 Å². The van der Waals surface area contributed by atoms with Gasteiger partial charge in [0.1, 0.15) is 6.10 Å². The van der Waals surface area contributed by atoms with E-state index in [1.54, 1.807) is 6.92 Å². The van der Waals surface area contributed by atoms with E-state index in [4.69, 9.17) is 9.47 Å². The van der Waals surface area contributed by atoms with Gasteiger partial charge in [-0.3, -0.25) is 15.0 Å². The fourth-order valence-electron chi connectivity index (χ4n) is 2.48. The van der Waals surface area contributed by atoms with E-state index in [0.717, 1.165) is 25.9 Å². The fraction of sp³-hybridized carbons (Fsp3) is 0.571. The minimum absolute atomic E-state index is 0.0726. The number of aliphatic hydroxyl groups is 1. The summed E-state index contributed by atoms with van der Waals surface area (Å²) in [6.07, 6.45) is 0.854. The zero-order valence-electron chi connectivity index (χ0n) is 12.2. The number of likely N-dealkylation sites (tertiary alicyclic amines) is 1. The van der Waals surface area contributed by atoms with E-state index in [0.29, 0.717) is 5.75 Å². The third-order valence-corrected chi connectivity index (χ3v) is 3.52. The molecule has 0 spiro atoms. The van der Waals surface area contributed by atoms with E-state index in [1.807, 2.05) is 4.90 Å². The van der Waals surface area contributed by atoms with Crippen molar-refractivity contribution in [2.45, 2.75) is 32.1 Å². The minimum Gasteiger partial charge on any atom is -0.493 e. The number of nitrogens with zero attached hydrogens (tertiary/aromatic N) is 2. The normalized spacial score (nSPS) is 18.2. The molecule has 0 aliphatic carbocycles. The summed E-state index contributed by atoms with van der Waals surface area (Å²) in [5.41, 5.74) is -0.0726. The monoisotopic (exact) mass is 296 g/mol. The minimum atomic E-state index is -0.716. The Morgan fingerprint density at radius 2 is 2.00 bits per heavy atom. The Morgan fingerprint density at radius 3 is 2.52 bits per heavy atom. The van der Waals surface area contributed by atoms with Crippen LogP contribution >= 0.6 is 0 Å². The summed E-state index contributed by atoms with van der Waals surface area (Å²) >= 11 is 0. The van der Waals surface area contributed by atoms with Crippen molar-refractivity contribution in [3.63, 3.8) is 0 Å². The molecule has 1 saturated heterocycles. The van der Waals surface area contributed by atoms with Gasteiger partial charge in [0.15, 0.2) is 17.7 Å². The Kier molecular flexibility index (Phi) is 4.98. The van der Waals surface area contributed by atoms with Crippen LogP contribution in [-0.4, -0.2) is 47.5 Å². The average Bonchev–Trinajstić information content (AvgIpc) is 2.97. The number of nitro groups is 1. The lowest BCUT2D eigenvalue weighted by Crippen LogP contribution is -2.45. The topological polar surface area (TPSA) is 85.1 Å². The Balaban J connectivity index is 2.25. The third-order valence-electron chi connectivity index (χ3n) is 3.52. The summed E-state index contributed by atoms with van der Waals surface area (Å²) in [4.78, 5) is 12.4. The highest BCUT2D eigenvalue weighted by atomic mass is 16.6. The van der Waals surface area contributed by atoms with Gasteiger partial charge in [0.05, 0.1) is 18.1 Å². The first-order chi connectivity index (χ1) is 10.0. The highest BCUT2D eigenvalue weighted by Gasteiger charge is 2.29. The summed E-state index contributed by atoms with van der Waals surface area (Å²) in [5, 5.41) is 20.8. The van der Waals surface area contributed by atoms with Crippen LogP contribution in [0.4, 0.5) is 5.69 Å². The first kappa shape index (κ1) is 15.5. The van der Waals surface area contributed by atoms with Crippen LogP contribution in [0.15, 0.2) is 18.2 Å². The number of rotatable bonds is 6. The van der Waals surface area contributed by atoms with Gasteiger partial charge in [-0.15, -0.1) is 0 Å². The molecule has 2 atom stereocenters. The molecular formula is C14H20N2O5. The van der Waals surface area contributed by atoms with E-state index in [1.165, 1.54) is 25.3 Å². The van der Waals surface area contributed by atoms with Crippen molar-refractivity contribution < 1.29 is 19.5 Å². The van der Waals surface area contributed by atoms with E-state index in [9.17, 15) is 15.2 Å². The summed E-state index contributed by atoms with van der Waals surface area (Å²) in [6.45, 7) is 3.33. The van der Waals surface area contributed by atoms with Crippen molar-refractivity contribution in [3.8, 4) is 11.5 Å². The third kappa shape index (κ3) is 3.62. The predicted molar refractivity (Wildman–Crippen MR) is 76.6 cm³/mol. The predicted octanol–water partition coefficient (Wildman–Crippen LogP) is 1.78. The van der Waals surface area contributed by atoms with Gasteiger partial charge in [-0.1, -0.05) is 0 Å². The molecule has 116 valence electrons. The molecule has 2 unspecified atom stereocenters. The van der Waals surface area contributed by atoms with E-state index >= 15 is 0 Å². The maximum atomic E-state index is 10.9. The molecule has 0 bridgehead atoms. The lowest BCUT2D eigenvalue weighted by atomic mass is 10.2. The van der Waals surface area contributed by atoms with Gasteiger partial charge in [-0.05, 0) is 25.8 Å². The van der Waals surface area contributed by atoms with Crippen LogP contribution in [0.25, 0.3) is 0 Å². The van der Waals surface area contributed by atoms with Crippen molar-refractivity contribution in [1.29, 1.82) is 0 Å². The largest absolute Gasteiger partial charge is 0.493 e. The highest BCUT2D eigenvalue weighted by molar-refractivity contribution is 5.48. The van der Waals surface area contributed by atoms with Crippen LogP contribution in [0.5, 0.6) is 11.5 Å². The molecule has 0 aromatic heterocycles. The van der Waals surface area contributed by atoms with Gasteiger partial charge in [0.25, 0.3) is 5.69 Å². The quantitative estimate of drug-likeness (QED) is 0.636. The van der Waals surface area contributed by atoms with Crippen molar-refractivity contribution in [2.75, 3.05) is 20.2 Å². The number of benzene rings is 1. The summed E-state index contributed by atoms with van der Waals surface area (Å²) in [5.74, 6) is 0.676. The van der Waals surface area contributed by atoms with Crippen molar-refractivity contribution in [2.24, 2.45) is 0 Å². The van der Waals surface area contributed by atoms with Gasteiger partial charge in [-0.2, -0.15) is 0 Å². The molecule has 1 aliphatic heterocycles. The molecule has 1 aromatic rings. The van der Waals surface area contributed by atoms with Crippen molar-refractivity contribution in [1.82, 2.24) is 4.90 Å². The number of hydrogen-bond acceptors (Lipinski definition) is 6. The van der Waals surface area contributed by atoms with Crippen LogP contribution in [-0.2, 0) is 0 Å². The number of ether oxygens (including phenoxy) is 2. The maximum Gasteiger partial charge on any atom is 0.273 e. The van der Waals surface area contributed by atoms with Gasteiger partial charge in [0.2, 0.25) is 0 Å². The SMILES string of the molecule is COc1ccc([N+](=O)[O-])cc1OC(C(C)O)N1CCCC1. The first-order valence-corrected chi connectivity index (χ1v) is 6.94. The van der Waals surface area contributed by atoms with Crippen molar-refractivity contribution >= 4 is 5.69 Å². The number of non-ortho nitro benzene ring substituents is 1. The van der Waals surface area contributed by atoms with Gasteiger partial charge >= 0.3 is 0 Å². The van der Waals surface area contributed by atoms with Gasteiger partial charge in [-0.25, -0.2) is 0 Å². The number of methoxy groups -OCH3 is 1. The molecule has 0 saturated carbocycles. The first-order valence-electron chi connectivity index (χ1n) is 6.94. The number of aliphatic hydroxyl groups excluding tert-OH is 1. The Bertz CT molecular complexity index is 500. The molecule has 0 radical (unpaired) electrons. The van der Waals surface area contributed by atoms with Crippen LogP contribution in [0, 0.1) is 10.1 Å². The highest BCUT2D eigenvalue weighted by Crippen LogP contribution is 2.33. The summed E-state index contributed by atoms with van der Waals surface area (Å²) in [7, 11) is 1.47. The maximum absolute atomic E-state index is 10.9. The summed E-state index contributed by atoms with van der Waals surface area (Å²) in [6, 6.07) is 4.18. The lowest BCUT2D eigenvalue weighted by Gasteiger charge is -2.30. The second-order valence-electron chi connectivity index (χ2n) is 5.08. The zero-order valence-corrected chi connectivity index (χ0v) is 12.2. The molecule has 7 heteroatoms. The van der Waals surface area contributed by atoms with Crippen LogP contribution in [0.3, 0.4) is 0 Å². The molecule has 21 heavy (non-hydrogen) atoms. The van der Waals surface area contributed by atoms with Crippen molar-refractivity contribution in [3.05, 3.63) is 28.3 Å². The van der Waals surface area contributed by atoms with E-state index in [-0.39, 0.29) is 11.4 Å². The average molecular weight is 296 g/mol. The molecule has 1 fully saturated rings. The Labute approximate surface area is 123 Å². The second kappa shape index (κ2) is 6.73. The van der Waals surface area contributed by atoms with E-state index in [2.05, 4.69) is 0 Å². The molecule has 1 aliphatic rings. The lowest BCUT2D eigenvalue weighted by molar-refractivity contribution is -0.385. The molecule has 1 N–H and O–H groups in total. The molecular weight excluding hydrogens is 276 g/mol. The summed E-state index contributed by atoms with van der Waals surface area (Å²) < 4.78 is 11.0. The van der Waals surface area contributed by atoms with E-state index < -0.39 is 17.3 Å². The molecule has 7 nitrogen and oxygen atoms in total. The Hall–Kier alpha value is -1.86. The molecule has 1 heterocycles. The zero-order chi connectivity index (χ0) is 15.4. The van der Waals surface area contributed by atoms with Crippen LogP contribution in [0.1, 0.15) is 19.8 Å². The molecule has 0 amide bonds. The molecule has 1 aromatic carbocycles. The standard InChI is InChI=1S/C14H20N2O5/c1-10(17)14(15-7-3-4-8-15)21-13-9-11(16(18)19)5-6-12(13)20-2/h5-6,9-10,14,17H,3-4,7-8H2,1-2H3. The van der Waals surface area contributed by atoms with Gasteiger partial charge < -0.3 is 14.6 Å². The second-order valence-corrected chi connectivity index (χ2v) is 5.08.